The maximum absolute atomic E-state index is 13.3. The number of carbonyl (C=O) groups excluding carboxylic acids is 1. The van der Waals surface area contributed by atoms with E-state index in [-0.39, 0.29) is 23.4 Å². The van der Waals surface area contributed by atoms with Crippen molar-refractivity contribution in [3.05, 3.63) is 30.0 Å². The third kappa shape index (κ3) is 2.83. The second-order valence-corrected chi connectivity index (χ2v) is 5.55. The zero-order valence-corrected chi connectivity index (χ0v) is 12.0. The molecule has 0 bridgehead atoms. The van der Waals surface area contributed by atoms with E-state index in [1.165, 1.54) is 4.90 Å². The highest BCUT2D eigenvalue weighted by Gasteiger charge is 2.52. The Labute approximate surface area is 132 Å². The topological polar surface area (TPSA) is 72.1 Å². The predicted octanol–water partition coefficient (Wildman–Crippen LogP) is 2.01. The van der Waals surface area contributed by atoms with Gasteiger partial charge in [0.1, 0.15) is 5.82 Å². The average Bonchev–Trinajstić information content (AvgIpc) is 2.93. The van der Waals surface area contributed by atoms with Crippen molar-refractivity contribution in [3.63, 3.8) is 0 Å². The van der Waals surface area contributed by atoms with Crippen molar-refractivity contribution in [2.24, 2.45) is 17.6 Å². The molecule has 10 heteroatoms. The van der Waals surface area contributed by atoms with Gasteiger partial charge in [0.25, 0.3) is 0 Å². The van der Waals surface area contributed by atoms with E-state index in [1.54, 1.807) is 0 Å². The molecule has 1 aliphatic heterocycles. The molecule has 1 amide bonds. The number of nitrogens with zero attached hydrogens (tertiary/aromatic N) is 3. The fraction of sp³-hybridized carbons (Fsp3) is 0.357. The lowest BCUT2D eigenvalue weighted by atomic mass is 9.95. The molecule has 24 heavy (non-hydrogen) atoms. The third-order valence-electron chi connectivity index (χ3n) is 4.00. The monoisotopic (exact) mass is 346 g/mol. The van der Waals surface area contributed by atoms with Gasteiger partial charge < -0.3 is 10.6 Å². The number of aromatic nitrogens is 2. The number of benzene rings is 1. The highest BCUT2D eigenvalue weighted by Crippen LogP contribution is 2.38. The highest BCUT2D eigenvalue weighted by molar-refractivity contribution is 5.79. The number of fused-ring (bicyclic) bond motifs is 1. The molecule has 128 valence electrons. The van der Waals surface area contributed by atoms with Crippen LogP contribution in [-0.4, -0.2) is 35.1 Å². The van der Waals surface area contributed by atoms with Crippen LogP contribution in [0.15, 0.2) is 18.3 Å². The average molecular weight is 346 g/mol. The summed E-state index contributed by atoms with van der Waals surface area (Å²) in [6.07, 6.45) is -3.44. The number of hydrogen-bond donors (Lipinski definition) is 1. The van der Waals surface area contributed by atoms with Gasteiger partial charge in [-0.15, -0.1) is 0 Å². The Morgan fingerprint density at radius 2 is 1.79 bits per heavy atom. The van der Waals surface area contributed by atoms with Gasteiger partial charge in [-0.05, 0) is 0 Å². The van der Waals surface area contributed by atoms with Crippen molar-refractivity contribution in [1.82, 2.24) is 9.97 Å². The second kappa shape index (κ2) is 5.53. The van der Waals surface area contributed by atoms with E-state index in [4.69, 9.17) is 5.73 Å². The second-order valence-electron chi connectivity index (χ2n) is 5.55. The van der Waals surface area contributed by atoms with Crippen LogP contribution in [0.2, 0.25) is 0 Å². The maximum Gasteiger partial charge on any atom is 0.394 e. The van der Waals surface area contributed by atoms with Crippen LogP contribution in [-0.2, 0) is 4.79 Å². The smallest absolute Gasteiger partial charge is 0.369 e. The standard InChI is InChI=1S/C14H11F5N4O/c15-8-1-10-11(2-9(8)16)22-12(3-21-10)23-4-6(13(20)24)7(5-23)14(17,18)19/h1-3,6-7H,4-5H2,(H2,20,24)/t6-,7-/m1/s1. The minimum absolute atomic E-state index is 0.00233. The minimum atomic E-state index is -4.59. The lowest BCUT2D eigenvalue weighted by Crippen LogP contribution is -2.37. The molecule has 2 heterocycles. The van der Waals surface area contributed by atoms with Crippen LogP contribution < -0.4 is 10.6 Å². The first-order valence-electron chi connectivity index (χ1n) is 6.89. The fourth-order valence-corrected chi connectivity index (χ4v) is 2.76. The molecule has 3 rings (SSSR count). The SMILES string of the molecule is NC(=O)[C@@H]1CN(c2cnc3cc(F)c(F)cc3n2)C[C@H]1C(F)(F)F. The first kappa shape index (κ1) is 16.3. The Balaban J connectivity index is 1.96. The molecule has 1 fully saturated rings. The van der Waals surface area contributed by atoms with Crippen molar-refractivity contribution in [1.29, 1.82) is 0 Å². The summed E-state index contributed by atoms with van der Waals surface area (Å²) in [5, 5.41) is 0. The quantitative estimate of drug-likeness (QED) is 0.845. The summed E-state index contributed by atoms with van der Waals surface area (Å²) in [7, 11) is 0. The minimum Gasteiger partial charge on any atom is -0.369 e. The van der Waals surface area contributed by atoms with Crippen LogP contribution in [0.5, 0.6) is 0 Å². The zero-order valence-electron chi connectivity index (χ0n) is 12.0. The van der Waals surface area contributed by atoms with Crippen molar-refractivity contribution < 1.29 is 26.7 Å². The molecule has 0 spiro atoms. The summed E-state index contributed by atoms with van der Waals surface area (Å²) >= 11 is 0. The number of alkyl halides is 3. The summed E-state index contributed by atoms with van der Waals surface area (Å²) in [6, 6.07) is 1.65. The number of amides is 1. The normalized spacial score (nSPS) is 21.5. The first-order valence-corrected chi connectivity index (χ1v) is 6.89. The molecule has 0 saturated carbocycles. The summed E-state index contributed by atoms with van der Waals surface area (Å²) in [5.74, 6) is -6.59. The van der Waals surface area contributed by atoms with E-state index in [1.807, 2.05) is 0 Å². The summed E-state index contributed by atoms with van der Waals surface area (Å²) in [6.45, 7) is -0.787. The van der Waals surface area contributed by atoms with Crippen LogP contribution >= 0.6 is 0 Å². The van der Waals surface area contributed by atoms with E-state index in [0.29, 0.717) is 0 Å². The van der Waals surface area contributed by atoms with Crippen LogP contribution in [0.25, 0.3) is 11.0 Å². The molecule has 0 radical (unpaired) electrons. The van der Waals surface area contributed by atoms with Crippen molar-refractivity contribution in [3.8, 4) is 0 Å². The highest BCUT2D eigenvalue weighted by atomic mass is 19.4. The number of halogens is 5. The number of nitrogens with two attached hydrogens (primary N) is 1. The van der Waals surface area contributed by atoms with Gasteiger partial charge in [-0.3, -0.25) is 9.78 Å². The summed E-state index contributed by atoms with van der Waals surface area (Å²) < 4.78 is 65.6. The number of anilines is 1. The predicted molar refractivity (Wildman–Crippen MR) is 73.9 cm³/mol. The molecule has 0 aliphatic carbocycles. The van der Waals surface area contributed by atoms with Crippen molar-refractivity contribution in [2.45, 2.75) is 6.18 Å². The van der Waals surface area contributed by atoms with Gasteiger partial charge in [0.2, 0.25) is 5.91 Å². The van der Waals surface area contributed by atoms with Gasteiger partial charge in [0.05, 0.1) is 29.1 Å². The van der Waals surface area contributed by atoms with Gasteiger partial charge in [-0.1, -0.05) is 0 Å². The van der Waals surface area contributed by atoms with Gasteiger partial charge in [0.15, 0.2) is 11.6 Å². The first-order chi connectivity index (χ1) is 11.2. The van der Waals surface area contributed by atoms with Crippen LogP contribution in [0.3, 0.4) is 0 Å². The molecule has 2 aromatic rings. The third-order valence-corrected chi connectivity index (χ3v) is 4.00. The summed E-state index contributed by atoms with van der Waals surface area (Å²) in [5.41, 5.74) is 5.12. The fourth-order valence-electron chi connectivity index (χ4n) is 2.76. The molecular weight excluding hydrogens is 335 g/mol. The lowest BCUT2D eigenvalue weighted by Gasteiger charge is -2.19. The van der Waals surface area contributed by atoms with Crippen LogP contribution in [0, 0.1) is 23.5 Å². The maximum atomic E-state index is 13.3. The number of rotatable bonds is 2. The van der Waals surface area contributed by atoms with Crippen molar-refractivity contribution in [2.75, 3.05) is 18.0 Å². The van der Waals surface area contributed by atoms with E-state index >= 15 is 0 Å². The zero-order chi connectivity index (χ0) is 17.6. The van der Waals surface area contributed by atoms with Gasteiger partial charge in [0, 0.05) is 25.2 Å². The van der Waals surface area contributed by atoms with Crippen molar-refractivity contribution >= 4 is 22.8 Å². The Bertz CT molecular complexity index is 810. The molecule has 2 atom stereocenters. The molecule has 1 saturated heterocycles. The van der Waals surface area contributed by atoms with Crippen LogP contribution in [0.1, 0.15) is 0 Å². The molecule has 1 aliphatic rings. The van der Waals surface area contributed by atoms with E-state index in [2.05, 4.69) is 9.97 Å². The Hall–Kier alpha value is -2.52. The van der Waals surface area contributed by atoms with Gasteiger partial charge in [-0.2, -0.15) is 13.2 Å². The molecule has 0 unspecified atom stereocenters. The van der Waals surface area contributed by atoms with E-state index < -0.39 is 42.1 Å². The molecule has 1 aromatic heterocycles. The molecule has 2 N–H and O–H groups in total. The summed E-state index contributed by atoms with van der Waals surface area (Å²) in [4.78, 5) is 20.4. The molecular formula is C14H11F5N4O. The number of carbonyl (C=O) groups is 1. The molecule has 5 nitrogen and oxygen atoms in total. The molecule has 1 aromatic carbocycles. The van der Waals surface area contributed by atoms with Crippen LogP contribution in [0.4, 0.5) is 27.8 Å². The van der Waals surface area contributed by atoms with Gasteiger partial charge >= 0.3 is 6.18 Å². The number of hydrogen-bond acceptors (Lipinski definition) is 4. The Kier molecular flexibility index (Phi) is 3.77. The van der Waals surface area contributed by atoms with Gasteiger partial charge in [-0.25, -0.2) is 13.8 Å². The Morgan fingerprint density at radius 3 is 2.33 bits per heavy atom. The number of primary amides is 1. The lowest BCUT2D eigenvalue weighted by molar-refractivity contribution is -0.181. The van der Waals surface area contributed by atoms with E-state index in [0.717, 1.165) is 18.3 Å². The van der Waals surface area contributed by atoms with E-state index in [9.17, 15) is 26.7 Å². The Morgan fingerprint density at radius 1 is 1.17 bits per heavy atom. The largest absolute Gasteiger partial charge is 0.394 e.